The van der Waals surface area contributed by atoms with E-state index < -0.39 is 0 Å². The molecule has 1 aliphatic heterocycles. The number of hydrogen-bond donors (Lipinski definition) is 2. The molecule has 3 rings (SSSR count). The minimum absolute atomic E-state index is 0.120. The van der Waals surface area contributed by atoms with E-state index in [-0.39, 0.29) is 6.04 Å². The number of aryl methyl sites for hydroxylation is 2. The number of aromatic nitrogens is 1. The predicted octanol–water partition coefficient (Wildman–Crippen LogP) is 2.52. The van der Waals surface area contributed by atoms with Crippen molar-refractivity contribution >= 4 is 17.3 Å². The largest absolute Gasteiger partial charge is 0.465 e. The van der Waals surface area contributed by atoms with Crippen LogP contribution in [0.3, 0.4) is 0 Å². The number of morpholine rings is 1. The van der Waals surface area contributed by atoms with Gasteiger partial charge in [0.2, 0.25) is 0 Å². The maximum atomic E-state index is 5.93. The molecular weight excluding hydrogens is 374 g/mol. The summed E-state index contributed by atoms with van der Waals surface area (Å²) in [7, 11) is 0. The van der Waals surface area contributed by atoms with E-state index in [1.54, 1.807) is 11.3 Å². The zero-order valence-corrected chi connectivity index (χ0v) is 17.8. The highest BCUT2D eigenvalue weighted by Gasteiger charge is 2.25. The standard InChI is InChI=1S/C20H31N5O2S/c1-4-21-20(22-8-7-17-14-28-16(3)24-17)23-13-18(19-6-5-15(2)27-19)25-9-11-26-12-10-25/h5-6,14,18H,4,7-13H2,1-3H3,(H2,21,22,23). The van der Waals surface area contributed by atoms with Gasteiger partial charge < -0.3 is 19.8 Å². The average Bonchev–Trinajstić information content (AvgIpc) is 3.31. The molecule has 0 aliphatic carbocycles. The molecule has 0 saturated carbocycles. The molecule has 1 aliphatic rings. The van der Waals surface area contributed by atoms with Crippen molar-refractivity contribution in [2.45, 2.75) is 33.2 Å². The van der Waals surface area contributed by atoms with Gasteiger partial charge in [0.1, 0.15) is 11.5 Å². The van der Waals surface area contributed by atoms with Crippen molar-refractivity contribution in [2.75, 3.05) is 45.9 Å². The van der Waals surface area contributed by atoms with Crippen LogP contribution in [-0.2, 0) is 11.2 Å². The molecule has 2 N–H and O–H groups in total. The van der Waals surface area contributed by atoms with Gasteiger partial charge in [-0.05, 0) is 32.9 Å². The Morgan fingerprint density at radius 3 is 2.75 bits per heavy atom. The van der Waals surface area contributed by atoms with Crippen molar-refractivity contribution < 1.29 is 9.15 Å². The van der Waals surface area contributed by atoms with Crippen LogP contribution >= 0.6 is 11.3 Å². The van der Waals surface area contributed by atoms with Crippen LogP contribution in [0.1, 0.15) is 35.2 Å². The quantitative estimate of drug-likeness (QED) is 0.519. The van der Waals surface area contributed by atoms with Gasteiger partial charge in [-0.25, -0.2) is 4.98 Å². The molecule has 28 heavy (non-hydrogen) atoms. The number of aliphatic imine (C=N–C) groups is 1. The molecule has 0 bridgehead atoms. The van der Waals surface area contributed by atoms with Gasteiger partial charge in [0.15, 0.2) is 5.96 Å². The first-order valence-corrected chi connectivity index (χ1v) is 10.8. The second-order valence-corrected chi connectivity index (χ2v) is 7.93. The van der Waals surface area contributed by atoms with Crippen LogP contribution in [0, 0.1) is 13.8 Å². The molecule has 2 aromatic rings. The summed E-state index contributed by atoms with van der Waals surface area (Å²) in [6.07, 6.45) is 0.888. The van der Waals surface area contributed by atoms with Gasteiger partial charge in [0.25, 0.3) is 0 Å². The number of ether oxygens (including phenoxy) is 1. The maximum Gasteiger partial charge on any atom is 0.191 e. The zero-order valence-electron chi connectivity index (χ0n) is 17.0. The highest BCUT2D eigenvalue weighted by atomic mass is 32.1. The third-order valence-corrected chi connectivity index (χ3v) is 5.51. The Kier molecular flexibility index (Phi) is 7.88. The van der Waals surface area contributed by atoms with Gasteiger partial charge in [-0.1, -0.05) is 0 Å². The Labute approximate surface area is 171 Å². The minimum Gasteiger partial charge on any atom is -0.465 e. The normalized spacial score (nSPS) is 16.9. The van der Waals surface area contributed by atoms with E-state index in [1.165, 1.54) is 0 Å². The average molecular weight is 406 g/mol. The molecule has 0 aromatic carbocycles. The fourth-order valence-corrected chi connectivity index (χ4v) is 3.91. The first-order chi connectivity index (χ1) is 13.7. The van der Waals surface area contributed by atoms with E-state index in [4.69, 9.17) is 14.1 Å². The van der Waals surface area contributed by atoms with Crippen LogP contribution in [0.5, 0.6) is 0 Å². The van der Waals surface area contributed by atoms with E-state index in [2.05, 4.69) is 38.9 Å². The summed E-state index contributed by atoms with van der Waals surface area (Å²) in [6, 6.07) is 4.20. The number of furan rings is 1. The Morgan fingerprint density at radius 2 is 2.11 bits per heavy atom. The fraction of sp³-hybridized carbons (Fsp3) is 0.600. The third-order valence-electron chi connectivity index (χ3n) is 4.68. The van der Waals surface area contributed by atoms with Gasteiger partial charge in [-0.15, -0.1) is 11.3 Å². The number of nitrogens with zero attached hydrogens (tertiary/aromatic N) is 3. The smallest absolute Gasteiger partial charge is 0.191 e. The summed E-state index contributed by atoms with van der Waals surface area (Å²) in [5, 5.41) is 9.99. The second-order valence-electron chi connectivity index (χ2n) is 6.87. The molecule has 0 radical (unpaired) electrons. The van der Waals surface area contributed by atoms with Crippen LogP contribution in [0.15, 0.2) is 26.9 Å². The van der Waals surface area contributed by atoms with Crippen LogP contribution in [-0.4, -0.2) is 61.8 Å². The van der Waals surface area contributed by atoms with Crippen LogP contribution < -0.4 is 10.6 Å². The molecule has 7 nitrogen and oxygen atoms in total. The lowest BCUT2D eigenvalue weighted by molar-refractivity contribution is 0.0135. The molecule has 0 spiro atoms. The van der Waals surface area contributed by atoms with Crippen LogP contribution in [0.2, 0.25) is 0 Å². The zero-order chi connectivity index (χ0) is 19.8. The monoisotopic (exact) mass is 405 g/mol. The minimum atomic E-state index is 0.120. The Balaban J connectivity index is 1.63. The molecule has 1 saturated heterocycles. The van der Waals surface area contributed by atoms with Crippen molar-refractivity contribution in [1.82, 2.24) is 20.5 Å². The molecule has 1 atom stereocenters. The molecule has 154 valence electrons. The first kappa shape index (κ1) is 20.8. The number of nitrogens with one attached hydrogen (secondary N) is 2. The lowest BCUT2D eigenvalue weighted by atomic mass is 10.1. The molecule has 8 heteroatoms. The summed E-state index contributed by atoms with van der Waals surface area (Å²) in [5.41, 5.74) is 1.13. The first-order valence-electron chi connectivity index (χ1n) is 9.97. The summed E-state index contributed by atoms with van der Waals surface area (Å²) >= 11 is 1.69. The van der Waals surface area contributed by atoms with E-state index in [0.29, 0.717) is 6.54 Å². The second kappa shape index (κ2) is 10.6. The molecule has 1 unspecified atom stereocenters. The van der Waals surface area contributed by atoms with Gasteiger partial charge in [-0.2, -0.15) is 0 Å². The number of hydrogen-bond acceptors (Lipinski definition) is 6. The fourth-order valence-electron chi connectivity index (χ4n) is 3.26. The van der Waals surface area contributed by atoms with Crippen molar-refractivity contribution in [3.63, 3.8) is 0 Å². The third kappa shape index (κ3) is 6.05. The van der Waals surface area contributed by atoms with Crippen molar-refractivity contribution in [3.8, 4) is 0 Å². The highest BCUT2D eigenvalue weighted by molar-refractivity contribution is 7.09. The van der Waals surface area contributed by atoms with Crippen molar-refractivity contribution in [1.29, 1.82) is 0 Å². The van der Waals surface area contributed by atoms with E-state index >= 15 is 0 Å². The topological polar surface area (TPSA) is 74.9 Å². The summed E-state index contributed by atoms with van der Waals surface area (Å²) in [5.74, 6) is 2.73. The Bertz CT molecular complexity index is 751. The lowest BCUT2D eigenvalue weighted by Gasteiger charge is -2.32. The highest BCUT2D eigenvalue weighted by Crippen LogP contribution is 2.24. The van der Waals surface area contributed by atoms with E-state index in [9.17, 15) is 0 Å². The van der Waals surface area contributed by atoms with Crippen LogP contribution in [0.4, 0.5) is 0 Å². The predicted molar refractivity (Wildman–Crippen MR) is 113 cm³/mol. The van der Waals surface area contributed by atoms with Gasteiger partial charge in [0.05, 0.1) is 36.5 Å². The molecule has 1 fully saturated rings. The van der Waals surface area contributed by atoms with E-state index in [0.717, 1.165) is 74.0 Å². The summed E-state index contributed by atoms with van der Waals surface area (Å²) in [4.78, 5) is 11.8. The summed E-state index contributed by atoms with van der Waals surface area (Å²) < 4.78 is 11.4. The number of guanidine groups is 1. The van der Waals surface area contributed by atoms with Crippen molar-refractivity contribution in [2.24, 2.45) is 4.99 Å². The SMILES string of the molecule is CCNC(=NCC(c1ccc(C)o1)N1CCOCC1)NCCc1csc(C)n1. The Hall–Kier alpha value is -1.90. The number of thiazole rings is 1. The van der Waals surface area contributed by atoms with Crippen LogP contribution in [0.25, 0.3) is 0 Å². The van der Waals surface area contributed by atoms with Gasteiger partial charge in [-0.3, -0.25) is 9.89 Å². The molecule has 3 heterocycles. The Morgan fingerprint density at radius 1 is 1.29 bits per heavy atom. The van der Waals surface area contributed by atoms with Gasteiger partial charge in [0, 0.05) is 38.0 Å². The van der Waals surface area contributed by atoms with Crippen molar-refractivity contribution in [3.05, 3.63) is 39.7 Å². The lowest BCUT2D eigenvalue weighted by Crippen LogP contribution is -2.42. The summed E-state index contributed by atoms with van der Waals surface area (Å²) in [6.45, 7) is 11.7. The van der Waals surface area contributed by atoms with E-state index in [1.807, 2.05) is 19.9 Å². The number of rotatable bonds is 8. The van der Waals surface area contributed by atoms with Gasteiger partial charge >= 0.3 is 0 Å². The maximum absolute atomic E-state index is 5.93. The molecule has 2 aromatic heterocycles. The molecule has 0 amide bonds. The molecular formula is C20H31N5O2S.